The molecule has 1 N–H and O–H groups in total. The molecule has 0 saturated heterocycles. The number of nitrogens with zero attached hydrogens (tertiary/aromatic N) is 3. The Kier molecular flexibility index (Phi) is 3.12. The van der Waals surface area contributed by atoms with Crippen LogP contribution in [0.1, 0.15) is 10.5 Å². The number of nitrogens with one attached hydrogen (secondary N) is 1. The third-order valence-corrected chi connectivity index (χ3v) is 3.27. The van der Waals surface area contributed by atoms with E-state index >= 15 is 0 Å². The van der Waals surface area contributed by atoms with Gasteiger partial charge >= 0.3 is 0 Å². The zero-order valence-electron chi connectivity index (χ0n) is 10.7. The highest BCUT2D eigenvalue weighted by atomic mass is 35.5. The number of para-hydroxylation sites is 1. The number of hydrogen-bond donors (Lipinski definition) is 1. The molecule has 0 spiro atoms. The number of carbonyl (C=O) groups is 1. The Bertz CT molecular complexity index is 797. The molecule has 1 aromatic carbocycles. The summed E-state index contributed by atoms with van der Waals surface area (Å²) in [4.78, 5) is 16.5. The van der Waals surface area contributed by atoms with Crippen LogP contribution in [0.5, 0.6) is 0 Å². The van der Waals surface area contributed by atoms with Crippen molar-refractivity contribution in [3.05, 3.63) is 53.3 Å². The molecule has 3 rings (SSSR count). The maximum absolute atomic E-state index is 12.2. The van der Waals surface area contributed by atoms with Crippen LogP contribution in [0, 0.1) is 0 Å². The fraction of sp³-hybridized carbons (Fsp3) is 0.0714. The summed E-state index contributed by atoms with van der Waals surface area (Å²) in [5, 5.41) is 8.06. The Morgan fingerprint density at radius 3 is 2.85 bits per heavy atom. The van der Waals surface area contributed by atoms with Crippen molar-refractivity contribution in [1.82, 2.24) is 14.8 Å². The molecule has 0 aliphatic carbocycles. The second-order valence-electron chi connectivity index (χ2n) is 4.30. The standard InChI is InChI=1S/C14H11ClN4O/c1-19-13(6-7-16-19)18-14(20)12-8-10(15)9-4-2-3-5-11(9)17-12/h2-8H,1H3,(H,18,20). The average molecular weight is 287 g/mol. The molecule has 0 fully saturated rings. The third-order valence-electron chi connectivity index (χ3n) is 2.96. The van der Waals surface area contributed by atoms with Gasteiger partial charge in [0.15, 0.2) is 0 Å². The lowest BCUT2D eigenvalue weighted by molar-refractivity contribution is 0.102. The van der Waals surface area contributed by atoms with Crippen molar-refractivity contribution in [2.45, 2.75) is 0 Å². The van der Waals surface area contributed by atoms with Crippen LogP contribution in [-0.2, 0) is 7.05 Å². The van der Waals surface area contributed by atoms with E-state index in [9.17, 15) is 4.79 Å². The van der Waals surface area contributed by atoms with Gasteiger partial charge in [0.05, 0.1) is 16.7 Å². The number of aryl methyl sites for hydroxylation is 1. The smallest absolute Gasteiger partial charge is 0.275 e. The van der Waals surface area contributed by atoms with E-state index in [4.69, 9.17) is 11.6 Å². The first-order valence-corrected chi connectivity index (χ1v) is 6.37. The first-order valence-electron chi connectivity index (χ1n) is 6.00. The molecular formula is C14H11ClN4O. The summed E-state index contributed by atoms with van der Waals surface area (Å²) in [6.45, 7) is 0. The summed E-state index contributed by atoms with van der Waals surface area (Å²) in [5.74, 6) is 0.280. The van der Waals surface area contributed by atoms with Gasteiger partial charge in [0, 0.05) is 18.5 Å². The molecule has 6 heteroatoms. The van der Waals surface area contributed by atoms with Crippen LogP contribution in [0.15, 0.2) is 42.6 Å². The number of hydrogen-bond acceptors (Lipinski definition) is 3. The van der Waals surface area contributed by atoms with Gasteiger partial charge in [0.1, 0.15) is 11.5 Å². The summed E-state index contributed by atoms with van der Waals surface area (Å²) in [6.07, 6.45) is 1.61. The Labute approximate surface area is 120 Å². The van der Waals surface area contributed by atoms with Gasteiger partial charge in [-0.15, -0.1) is 0 Å². The van der Waals surface area contributed by atoms with E-state index in [0.29, 0.717) is 16.4 Å². The molecule has 0 unspecified atom stereocenters. The fourth-order valence-electron chi connectivity index (χ4n) is 1.93. The molecule has 0 saturated carbocycles. The molecule has 0 aliphatic rings. The lowest BCUT2D eigenvalue weighted by Crippen LogP contribution is -2.16. The summed E-state index contributed by atoms with van der Waals surface area (Å²) in [7, 11) is 1.75. The SMILES string of the molecule is Cn1nccc1NC(=O)c1cc(Cl)c2ccccc2n1. The van der Waals surface area contributed by atoms with E-state index in [1.807, 2.05) is 24.3 Å². The van der Waals surface area contributed by atoms with Gasteiger partial charge in [-0.1, -0.05) is 29.8 Å². The predicted octanol–water partition coefficient (Wildman–Crippen LogP) is 2.87. The van der Waals surface area contributed by atoms with Crippen molar-refractivity contribution in [3.63, 3.8) is 0 Å². The molecule has 20 heavy (non-hydrogen) atoms. The number of amides is 1. The van der Waals surface area contributed by atoms with Gasteiger partial charge in [-0.3, -0.25) is 9.48 Å². The maximum atomic E-state index is 12.2. The highest BCUT2D eigenvalue weighted by Crippen LogP contribution is 2.23. The van der Waals surface area contributed by atoms with Crippen LogP contribution in [-0.4, -0.2) is 20.7 Å². The molecular weight excluding hydrogens is 276 g/mol. The van der Waals surface area contributed by atoms with Gasteiger partial charge in [0.25, 0.3) is 5.91 Å². The number of pyridine rings is 1. The highest BCUT2D eigenvalue weighted by molar-refractivity contribution is 6.35. The van der Waals surface area contributed by atoms with Crippen LogP contribution in [0.2, 0.25) is 5.02 Å². The quantitative estimate of drug-likeness (QED) is 0.788. The van der Waals surface area contributed by atoms with E-state index < -0.39 is 0 Å². The number of anilines is 1. The first-order chi connectivity index (χ1) is 9.65. The molecule has 0 atom stereocenters. The first kappa shape index (κ1) is 12.6. The van der Waals surface area contributed by atoms with Gasteiger partial charge in [0.2, 0.25) is 0 Å². The van der Waals surface area contributed by atoms with Crippen LogP contribution >= 0.6 is 11.6 Å². The second kappa shape index (κ2) is 4.94. The number of fused-ring (bicyclic) bond motifs is 1. The van der Waals surface area contributed by atoms with Crippen molar-refractivity contribution in [2.75, 3.05) is 5.32 Å². The molecule has 100 valence electrons. The van der Waals surface area contributed by atoms with Crippen molar-refractivity contribution in [2.24, 2.45) is 7.05 Å². The third kappa shape index (κ3) is 2.23. The molecule has 2 heterocycles. The number of carbonyl (C=O) groups excluding carboxylic acids is 1. The summed E-state index contributed by atoms with van der Waals surface area (Å²) < 4.78 is 1.57. The van der Waals surface area contributed by atoms with Crippen molar-refractivity contribution in [3.8, 4) is 0 Å². The molecule has 0 bridgehead atoms. The van der Waals surface area contributed by atoms with Crippen LogP contribution in [0.25, 0.3) is 10.9 Å². The van der Waals surface area contributed by atoms with Crippen molar-refractivity contribution < 1.29 is 4.79 Å². The Morgan fingerprint density at radius 2 is 2.10 bits per heavy atom. The summed E-state index contributed by atoms with van der Waals surface area (Å²) in [6, 6.07) is 10.7. The van der Waals surface area contributed by atoms with Crippen LogP contribution in [0.3, 0.4) is 0 Å². The van der Waals surface area contributed by atoms with Crippen molar-refractivity contribution >= 4 is 34.2 Å². The number of halogens is 1. The van der Waals surface area contributed by atoms with E-state index in [1.54, 1.807) is 30.1 Å². The topological polar surface area (TPSA) is 59.8 Å². The van der Waals surface area contributed by atoms with Gasteiger partial charge in [-0.2, -0.15) is 5.10 Å². The van der Waals surface area contributed by atoms with E-state index in [2.05, 4.69) is 15.4 Å². The van der Waals surface area contributed by atoms with Crippen LogP contribution < -0.4 is 5.32 Å². The van der Waals surface area contributed by atoms with Gasteiger partial charge < -0.3 is 5.32 Å². The fourth-order valence-corrected chi connectivity index (χ4v) is 2.19. The van der Waals surface area contributed by atoms with Crippen LogP contribution in [0.4, 0.5) is 5.82 Å². The zero-order chi connectivity index (χ0) is 14.1. The van der Waals surface area contributed by atoms with Gasteiger partial charge in [-0.25, -0.2) is 4.98 Å². The predicted molar refractivity (Wildman–Crippen MR) is 77.9 cm³/mol. The monoisotopic (exact) mass is 286 g/mol. The second-order valence-corrected chi connectivity index (χ2v) is 4.71. The molecule has 5 nitrogen and oxygen atoms in total. The summed E-state index contributed by atoms with van der Waals surface area (Å²) >= 11 is 6.18. The Balaban J connectivity index is 1.98. The largest absolute Gasteiger partial charge is 0.305 e. The number of benzene rings is 1. The van der Waals surface area contributed by atoms with Crippen molar-refractivity contribution in [1.29, 1.82) is 0 Å². The Hall–Kier alpha value is -2.40. The highest BCUT2D eigenvalue weighted by Gasteiger charge is 2.12. The van der Waals surface area contributed by atoms with E-state index in [-0.39, 0.29) is 11.6 Å². The number of rotatable bonds is 2. The normalized spacial score (nSPS) is 10.7. The van der Waals surface area contributed by atoms with E-state index in [1.165, 1.54) is 0 Å². The zero-order valence-corrected chi connectivity index (χ0v) is 11.4. The molecule has 1 amide bonds. The number of aromatic nitrogens is 3. The molecule has 0 aliphatic heterocycles. The maximum Gasteiger partial charge on any atom is 0.275 e. The molecule has 2 aromatic heterocycles. The summed E-state index contributed by atoms with van der Waals surface area (Å²) in [5.41, 5.74) is 0.963. The van der Waals surface area contributed by atoms with E-state index in [0.717, 1.165) is 5.39 Å². The van der Waals surface area contributed by atoms with Gasteiger partial charge in [-0.05, 0) is 12.1 Å². The minimum absolute atomic E-state index is 0.273. The minimum atomic E-state index is -0.318. The lowest BCUT2D eigenvalue weighted by atomic mass is 10.2. The minimum Gasteiger partial charge on any atom is -0.305 e. The lowest BCUT2D eigenvalue weighted by Gasteiger charge is -2.07. The molecule has 3 aromatic rings. The average Bonchev–Trinajstić information content (AvgIpc) is 2.84. The molecule has 0 radical (unpaired) electrons. The Morgan fingerprint density at radius 1 is 1.30 bits per heavy atom.